The smallest absolute Gasteiger partial charge is 0.307 e. The molecule has 1 saturated carbocycles. The molecule has 0 unspecified atom stereocenters. The van der Waals surface area contributed by atoms with Gasteiger partial charge >= 0.3 is 11.9 Å². The van der Waals surface area contributed by atoms with Gasteiger partial charge in [0, 0.05) is 0 Å². The molecule has 0 heterocycles. The Bertz CT molecular complexity index is 269. The minimum atomic E-state index is -0.846. The number of allylic oxidation sites excluding steroid dienone is 2. The van der Waals surface area contributed by atoms with Crippen LogP contribution in [0.15, 0.2) is 12.2 Å². The lowest BCUT2D eigenvalue weighted by Crippen LogP contribution is -2.53. The quantitative estimate of drug-likeness (QED) is 0.646. The summed E-state index contributed by atoms with van der Waals surface area (Å²) in [6, 6.07) is 0. The van der Waals surface area contributed by atoms with Crippen LogP contribution in [-0.4, -0.2) is 22.2 Å². The predicted octanol–water partition coefficient (Wildman–Crippen LogP) is 0.984. The number of carboxylic acid groups (broad SMARTS) is 2. The number of hydrogen-bond acceptors (Lipinski definition) is 2. The molecule has 3 rings (SSSR count). The van der Waals surface area contributed by atoms with E-state index in [1.807, 2.05) is 12.2 Å². The molecule has 0 amide bonds. The van der Waals surface area contributed by atoms with Crippen molar-refractivity contribution in [2.75, 3.05) is 0 Å². The SMILES string of the molecule is O=C(O)C1C2CC=CCC1C2C(=O)O. The maximum Gasteiger partial charge on any atom is 0.307 e. The summed E-state index contributed by atoms with van der Waals surface area (Å²) in [6.45, 7) is 0. The first kappa shape index (κ1) is 9.24. The van der Waals surface area contributed by atoms with Crippen LogP contribution in [0.3, 0.4) is 0 Å². The van der Waals surface area contributed by atoms with Crippen LogP contribution in [0.1, 0.15) is 12.8 Å². The van der Waals surface area contributed by atoms with Crippen molar-refractivity contribution in [1.82, 2.24) is 0 Å². The number of fused-ring (bicyclic) bond motifs is 2. The highest BCUT2D eigenvalue weighted by molar-refractivity contribution is 5.80. The van der Waals surface area contributed by atoms with Gasteiger partial charge in [-0.3, -0.25) is 9.59 Å². The monoisotopic (exact) mass is 196 g/mol. The molecule has 2 N–H and O–H groups in total. The van der Waals surface area contributed by atoms with E-state index in [2.05, 4.69) is 0 Å². The molecule has 0 aromatic carbocycles. The van der Waals surface area contributed by atoms with Crippen LogP contribution < -0.4 is 0 Å². The average Bonchev–Trinajstić information content (AvgIpc) is 2.33. The fourth-order valence-corrected chi connectivity index (χ4v) is 2.76. The number of aliphatic carboxylic acids is 2. The van der Waals surface area contributed by atoms with Crippen molar-refractivity contribution < 1.29 is 19.8 Å². The fourth-order valence-electron chi connectivity index (χ4n) is 2.76. The maximum absolute atomic E-state index is 10.9. The predicted molar refractivity (Wildman–Crippen MR) is 47.6 cm³/mol. The molecule has 0 radical (unpaired) electrons. The lowest BCUT2D eigenvalue weighted by Gasteiger charge is -2.46. The fraction of sp³-hybridized carbons (Fsp3) is 0.600. The van der Waals surface area contributed by atoms with Crippen LogP contribution in [0.25, 0.3) is 0 Å². The van der Waals surface area contributed by atoms with Crippen molar-refractivity contribution in [3.63, 3.8) is 0 Å². The van der Waals surface area contributed by atoms with Crippen molar-refractivity contribution >= 4 is 11.9 Å². The lowest BCUT2D eigenvalue weighted by molar-refractivity contribution is -0.171. The molecule has 4 nitrogen and oxygen atoms in total. The Hall–Kier alpha value is -1.32. The number of hydrogen-bond donors (Lipinski definition) is 2. The molecule has 0 spiro atoms. The zero-order chi connectivity index (χ0) is 10.3. The number of carboxylic acids is 2. The summed E-state index contributed by atoms with van der Waals surface area (Å²) in [5, 5.41) is 17.9. The van der Waals surface area contributed by atoms with Gasteiger partial charge in [0.15, 0.2) is 0 Å². The Morgan fingerprint density at radius 3 is 1.57 bits per heavy atom. The maximum atomic E-state index is 10.9. The van der Waals surface area contributed by atoms with Crippen LogP contribution in [-0.2, 0) is 9.59 Å². The first-order valence-electron chi connectivity index (χ1n) is 4.73. The molecule has 0 aromatic rings. The third-order valence-electron chi connectivity index (χ3n) is 3.40. The van der Waals surface area contributed by atoms with Gasteiger partial charge in [-0.05, 0) is 24.7 Å². The normalized spacial score (nSPS) is 39.7. The van der Waals surface area contributed by atoms with Crippen molar-refractivity contribution in [1.29, 1.82) is 0 Å². The molecule has 1 fully saturated rings. The van der Waals surface area contributed by atoms with E-state index in [0.717, 1.165) is 0 Å². The first-order chi connectivity index (χ1) is 6.63. The Kier molecular flexibility index (Phi) is 2.06. The van der Waals surface area contributed by atoms with E-state index >= 15 is 0 Å². The highest BCUT2D eigenvalue weighted by Crippen LogP contribution is 2.51. The second kappa shape index (κ2) is 3.12. The third kappa shape index (κ3) is 1.14. The molecule has 76 valence electrons. The third-order valence-corrected chi connectivity index (χ3v) is 3.40. The lowest BCUT2D eigenvalue weighted by atomic mass is 9.55. The number of rotatable bonds is 2. The van der Waals surface area contributed by atoms with Gasteiger partial charge in [-0.1, -0.05) is 12.2 Å². The van der Waals surface area contributed by atoms with Gasteiger partial charge in [0.1, 0.15) is 0 Å². The second-order valence-corrected chi connectivity index (χ2v) is 4.00. The molecular weight excluding hydrogens is 184 g/mol. The summed E-state index contributed by atoms with van der Waals surface area (Å²) in [7, 11) is 0. The van der Waals surface area contributed by atoms with E-state index in [4.69, 9.17) is 10.2 Å². The van der Waals surface area contributed by atoms with Crippen molar-refractivity contribution in [3.8, 4) is 0 Å². The Labute approximate surface area is 81.2 Å². The van der Waals surface area contributed by atoms with Gasteiger partial charge in [-0.2, -0.15) is 0 Å². The molecule has 4 heteroatoms. The summed E-state index contributed by atoms with van der Waals surface area (Å²) >= 11 is 0. The van der Waals surface area contributed by atoms with Gasteiger partial charge in [0.25, 0.3) is 0 Å². The van der Waals surface area contributed by atoms with Gasteiger partial charge in [0.05, 0.1) is 11.8 Å². The van der Waals surface area contributed by atoms with Crippen molar-refractivity contribution in [3.05, 3.63) is 12.2 Å². The molecule has 0 saturated heterocycles. The summed E-state index contributed by atoms with van der Waals surface area (Å²) < 4.78 is 0. The summed E-state index contributed by atoms with van der Waals surface area (Å²) in [4.78, 5) is 21.8. The van der Waals surface area contributed by atoms with Gasteiger partial charge in [0.2, 0.25) is 0 Å². The summed E-state index contributed by atoms with van der Waals surface area (Å²) in [5.74, 6) is -3.00. The van der Waals surface area contributed by atoms with Crippen molar-refractivity contribution in [2.45, 2.75) is 12.8 Å². The van der Waals surface area contributed by atoms with Gasteiger partial charge in [-0.25, -0.2) is 0 Å². The average molecular weight is 196 g/mol. The van der Waals surface area contributed by atoms with Crippen molar-refractivity contribution in [2.24, 2.45) is 23.7 Å². The minimum absolute atomic E-state index is 0.200. The summed E-state index contributed by atoms with van der Waals surface area (Å²) in [5.41, 5.74) is 0. The molecule has 0 aromatic heterocycles. The Balaban J connectivity index is 2.22. The number of carbonyl (C=O) groups is 2. The largest absolute Gasteiger partial charge is 0.481 e. The molecule has 0 aliphatic heterocycles. The van der Waals surface area contributed by atoms with Crippen LogP contribution in [0.2, 0.25) is 0 Å². The minimum Gasteiger partial charge on any atom is -0.481 e. The van der Waals surface area contributed by atoms with E-state index < -0.39 is 23.8 Å². The molecule has 3 aliphatic carbocycles. The van der Waals surface area contributed by atoms with Gasteiger partial charge in [-0.15, -0.1) is 0 Å². The standard InChI is InChI=1S/C10H12O4/c11-9(12)7-5-3-1-2-4-6(7)8(5)10(13)14/h1-2,5-8H,3-4H2,(H,11,12)(H,13,14). The van der Waals surface area contributed by atoms with Crippen LogP contribution in [0.5, 0.6) is 0 Å². The second-order valence-electron chi connectivity index (χ2n) is 4.00. The molecule has 3 aliphatic rings. The molecular formula is C10H12O4. The molecule has 2 bridgehead atoms. The van der Waals surface area contributed by atoms with E-state index in [1.165, 1.54) is 0 Å². The highest BCUT2D eigenvalue weighted by Gasteiger charge is 2.56. The van der Waals surface area contributed by atoms with E-state index in [0.29, 0.717) is 12.8 Å². The van der Waals surface area contributed by atoms with E-state index in [1.54, 1.807) is 0 Å². The molecule has 14 heavy (non-hydrogen) atoms. The summed E-state index contributed by atoms with van der Waals surface area (Å²) in [6.07, 6.45) is 4.99. The van der Waals surface area contributed by atoms with Gasteiger partial charge < -0.3 is 10.2 Å². The Morgan fingerprint density at radius 1 is 0.929 bits per heavy atom. The van der Waals surface area contributed by atoms with E-state index in [-0.39, 0.29) is 11.8 Å². The van der Waals surface area contributed by atoms with Crippen LogP contribution in [0.4, 0.5) is 0 Å². The van der Waals surface area contributed by atoms with E-state index in [9.17, 15) is 9.59 Å². The van der Waals surface area contributed by atoms with Crippen LogP contribution >= 0.6 is 0 Å². The molecule has 0 atom stereocenters. The zero-order valence-electron chi connectivity index (χ0n) is 7.59. The Morgan fingerprint density at radius 2 is 1.29 bits per heavy atom. The topological polar surface area (TPSA) is 74.6 Å². The highest BCUT2D eigenvalue weighted by atomic mass is 16.4. The zero-order valence-corrected chi connectivity index (χ0v) is 7.59. The van der Waals surface area contributed by atoms with Crippen LogP contribution in [0, 0.1) is 23.7 Å². The first-order valence-corrected chi connectivity index (χ1v) is 4.73.